The number of allylic oxidation sites excluding steroid dienone is 3. The van der Waals surface area contributed by atoms with Crippen molar-refractivity contribution in [1.82, 2.24) is 0 Å². The number of aryl methyl sites for hydroxylation is 2. The highest BCUT2D eigenvalue weighted by Gasteiger charge is 2.32. The second-order valence-corrected chi connectivity index (χ2v) is 7.75. The molecule has 1 aromatic rings. The second kappa shape index (κ2) is 14.9. The highest BCUT2D eigenvalue weighted by atomic mass is 16.1. The summed E-state index contributed by atoms with van der Waals surface area (Å²) in [7, 11) is 0. The monoisotopic (exact) mass is 392 g/mol. The number of benzene rings is 1. The maximum absolute atomic E-state index is 12.2. The predicted molar refractivity (Wildman–Crippen MR) is 127 cm³/mol. The maximum Gasteiger partial charge on any atom is 0.137 e. The third-order valence-electron chi connectivity index (χ3n) is 5.37. The van der Waals surface area contributed by atoms with Crippen LogP contribution in [0.25, 0.3) is 0 Å². The van der Waals surface area contributed by atoms with Crippen molar-refractivity contribution in [2.45, 2.75) is 85.5 Å². The van der Waals surface area contributed by atoms with Crippen molar-refractivity contribution in [1.29, 1.82) is 0 Å². The molecule has 0 N–H and O–H groups in total. The van der Waals surface area contributed by atoms with Crippen LogP contribution in [0.3, 0.4) is 0 Å². The summed E-state index contributed by atoms with van der Waals surface area (Å²) in [5.41, 5.74) is 3.85. The van der Waals surface area contributed by atoms with E-state index in [-0.39, 0.29) is 11.8 Å². The lowest BCUT2D eigenvalue weighted by molar-refractivity contribution is -0.121. The zero-order valence-electron chi connectivity index (χ0n) is 19.1. The molecule has 1 fully saturated rings. The van der Waals surface area contributed by atoms with E-state index in [0.29, 0.717) is 5.78 Å². The van der Waals surface area contributed by atoms with Gasteiger partial charge < -0.3 is 0 Å². The Morgan fingerprint density at radius 2 is 2.00 bits per heavy atom. The lowest BCUT2D eigenvalue weighted by atomic mass is 9.90. The van der Waals surface area contributed by atoms with Crippen molar-refractivity contribution in [3.05, 3.63) is 59.7 Å². The normalized spacial score (nSPS) is 18.1. The van der Waals surface area contributed by atoms with Crippen LogP contribution in [0.4, 0.5) is 0 Å². The fourth-order valence-corrected chi connectivity index (χ4v) is 3.77. The number of rotatable bonds is 9. The number of ketones is 1. The van der Waals surface area contributed by atoms with Gasteiger partial charge in [-0.2, -0.15) is 0 Å². The Morgan fingerprint density at radius 3 is 2.72 bits per heavy atom. The van der Waals surface area contributed by atoms with E-state index in [4.69, 9.17) is 0 Å². The minimum absolute atomic E-state index is 0.172. The first kappa shape index (κ1) is 25.0. The van der Waals surface area contributed by atoms with Gasteiger partial charge in [-0.3, -0.25) is 4.79 Å². The molecule has 1 saturated carbocycles. The van der Waals surface area contributed by atoms with Gasteiger partial charge in [0.25, 0.3) is 0 Å². The van der Waals surface area contributed by atoms with Gasteiger partial charge in [0.15, 0.2) is 0 Å². The molecule has 2 unspecified atom stereocenters. The van der Waals surface area contributed by atoms with Gasteiger partial charge in [-0.15, -0.1) is 5.92 Å². The second-order valence-electron chi connectivity index (χ2n) is 7.75. The summed E-state index contributed by atoms with van der Waals surface area (Å²) in [5, 5.41) is 0. The average Bonchev–Trinajstić information content (AvgIpc) is 3.09. The molecule has 0 heterocycles. The molecule has 1 aliphatic rings. The molecule has 0 saturated heterocycles. The molecule has 0 amide bonds. The number of Topliss-reactive ketones (excluding diaryl/α,β-unsaturated/α-hetero) is 1. The van der Waals surface area contributed by atoms with Crippen LogP contribution >= 0.6 is 0 Å². The van der Waals surface area contributed by atoms with Gasteiger partial charge in [0.05, 0.1) is 0 Å². The summed E-state index contributed by atoms with van der Waals surface area (Å²) in [6.07, 6.45) is 13.2. The molecule has 0 radical (unpaired) electrons. The van der Waals surface area contributed by atoms with E-state index < -0.39 is 0 Å². The molecule has 0 aliphatic heterocycles. The minimum Gasteiger partial charge on any atom is -0.299 e. The predicted octanol–water partition coefficient (Wildman–Crippen LogP) is 7.50. The van der Waals surface area contributed by atoms with Crippen LogP contribution in [0.5, 0.6) is 0 Å². The van der Waals surface area contributed by atoms with Gasteiger partial charge in [0.1, 0.15) is 5.78 Å². The quantitative estimate of drug-likeness (QED) is 0.241. The van der Waals surface area contributed by atoms with Crippen LogP contribution in [0, 0.1) is 23.7 Å². The highest BCUT2D eigenvalue weighted by molar-refractivity contribution is 5.83. The van der Waals surface area contributed by atoms with E-state index in [0.717, 1.165) is 63.4 Å². The van der Waals surface area contributed by atoms with Gasteiger partial charge in [-0.1, -0.05) is 81.7 Å². The molecular formula is C28H40O. The van der Waals surface area contributed by atoms with Crippen molar-refractivity contribution < 1.29 is 4.79 Å². The number of carbonyl (C=O) groups excluding carboxylic acids is 1. The van der Waals surface area contributed by atoms with E-state index >= 15 is 0 Å². The van der Waals surface area contributed by atoms with Crippen LogP contribution in [0.2, 0.25) is 0 Å². The fraction of sp³-hybridized carbons (Fsp3) is 0.536. The van der Waals surface area contributed by atoms with E-state index in [9.17, 15) is 4.79 Å². The minimum atomic E-state index is 0.172. The van der Waals surface area contributed by atoms with Gasteiger partial charge in [0, 0.05) is 24.7 Å². The molecule has 1 aliphatic carbocycles. The van der Waals surface area contributed by atoms with Gasteiger partial charge in [-0.25, -0.2) is 0 Å². The highest BCUT2D eigenvalue weighted by Crippen LogP contribution is 2.32. The number of carbonyl (C=O) groups is 1. The summed E-state index contributed by atoms with van der Waals surface area (Å²) >= 11 is 0. The molecule has 1 heteroatoms. The SMILES string of the molecule is C=C(C)/C=C/CCCCC1C(=O)CCC1C#CCCc1cccc(CC)c1.CC. The number of hydrogen-bond acceptors (Lipinski definition) is 1. The van der Waals surface area contributed by atoms with Crippen LogP contribution in [0.15, 0.2) is 48.6 Å². The Bertz CT molecular complexity index is 713. The Hall–Kier alpha value is -2.07. The van der Waals surface area contributed by atoms with Gasteiger partial charge >= 0.3 is 0 Å². The average molecular weight is 393 g/mol. The first-order valence-corrected chi connectivity index (χ1v) is 11.5. The largest absolute Gasteiger partial charge is 0.299 e. The van der Waals surface area contributed by atoms with E-state index in [1.165, 1.54) is 11.1 Å². The molecule has 158 valence electrons. The smallest absolute Gasteiger partial charge is 0.137 e. The molecule has 0 bridgehead atoms. The third kappa shape index (κ3) is 9.80. The summed E-state index contributed by atoms with van der Waals surface area (Å²) in [6, 6.07) is 8.79. The Labute approximate surface area is 179 Å². The lowest BCUT2D eigenvalue weighted by Crippen LogP contribution is -2.13. The topological polar surface area (TPSA) is 17.1 Å². The molecule has 0 spiro atoms. The Morgan fingerprint density at radius 1 is 1.24 bits per heavy atom. The van der Waals surface area contributed by atoms with Crippen LogP contribution in [0.1, 0.15) is 83.8 Å². The standard InChI is InChI=1S/C26H34O.C2H6/c1-4-22-14-11-15-23(20-22)13-9-10-16-24-18-19-26(27)25(24)17-8-6-5-7-12-21(2)3;1-2/h7,11-12,14-15,20,24-25H,2,4-6,8-9,13,17-19H2,1,3H3;1-2H3/b12-7+;. The van der Waals surface area contributed by atoms with E-state index in [1.807, 2.05) is 20.8 Å². The van der Waals surface area contributed by atoms with Crippen LogP contribution in [-0.2, 0) is 17.6 Å². The summed E-state index contributed by atoms with van der Waals surface area (Å²) in [6.45, 7) is 12.1. The molecular weight excluding hydrogens is 352 g/mol. The van der Waals surface area contributed by atoms with Crippen molar-refractivity contribution >= 4 is 5.78 Å². The van der Waals surface area contributed by atoms with E-state index in [2.05, 4.69) is 61.8 Å². The summed E-state index contributed by atoms with van der Waals surface area (Å²) in [5.74, 6) is 7.68. The van der Waals surface area contributed by atoms with Gasteiger partial charge in [-0.05, 0) is 56.6 Å². The van der Waals surface area contributed by atoms with Crippen molar-refractivity contribution in [3.8, 4) is 11.8 Å². The number of hydrogen-bond donors (Lipinski definition) is 0. The molecule has 29 heavy (non-hydrogen) atoms. The first-order valence-electron chi connectivity index (χ1n) is 11.5. The van der Waals surface area contributed by atoms with E-state index in [1.54, 1.807) is 0 Å². The third-order valence-corrected chi connectivity index (χ3v) is 5.37. The van der Waals surface area contributed by atoms with Crippen molar-refractivity contribution in [3.63, 3.8) is 0 Å². The van der Waals surface area contributed by atoms with Gasteiger partial charge in [0.2, 0.25) is 0 Å². The molecule has 2 rings (SSSR count). The van der Waals surface area contributed by atoms with Crippen molar-refractivity contribution in [2.75, 3.05) is 0 Å². The first-order chi connectivity index (χ1) is 14.1. The molecule has 1 aromatic carbocycles. The summed E-state index contributed by atoms with van der Waals surface area (Å²) < 4.78 is 0. The lowest BCUT2D eigenvalue weighted by Gasteiger charge is -2.12. The molecule has 0 aromatic heterocycles. The maximum atomic E-state index is 12.2. The van der Waals surface area contributed by atoms with Crippen molar-refractivity contribution in [2.24, 2.45) is 11.8 Å². The molecule has 1 nitrogen and oxygen atoms in total. The zero-order valence-corrected chi connectivity index (χ0v) is 19.1. The zero-order chi connectivity index (χ0) is 21.5. The number of unbranched alkanes of at least 4 members (excludes halogenated alkanes) is 2. The fourth-order valence-electron chi connectivity index (χ4n) is 3.77. The summed E-state index contributed by atoms with van der Waals surface area (Å²) in [4.78, 5) is 12.2. The van der Waals surface area contributed by atoms with Crippen LogP contribution in [-0.4, -0.2) is 5.78 Å². The Balaban J connectivity index is 0.00000204. The molecule has 2 atom stereocenters. The van der Waals surface area contributed by atoms with Crippen LogP contribution < -0.4 is 0 Å². The Kier molecular flexibility index (Phi) is 12.8.